The molecule has 94 valence electrons. The zero-order valence-electron chi connectivity index (χ0n) is 10.9. The summed E-state index contributed by atoms with van der Waals surface area (Å²) < 4.78 is 5.03. The van der Waals surface area contributed by atoms with Gasteiger partial charge in [0.05, 0.1) is 7.11 Å². The predicted molar refractivity (Wildman–Crippen MR) is 78.0 cm³/mol. The zero-order chi connectivity index (χ0) is 12.8. The quantitative estimate of drug-likeness (QED) is 0.765. The molecule has 4 heteroatoms. The van der Waals surface area contributed by atoms with E-state index in [0.29, 0.717) is 5.17 Å². The third-order valence-corrected chi connectivity index (χ3v) is 3.25. The molecule has 1 aromatic rings. The lowest BCUT2D eigenvalue weighted by Gasteiger charge is -2.23. The number of nitrogens with zero attached hydrogens (tertiary/aromatic N) is 2. The molecular weight excluding hydrogens is 232 g/mol. The van der Waals surface area contributed by atoms with Crippen LogP contribution in [-0.2, 0) is 4.74 Å². The van der Waals surface area contributed by atoms with Crippen molar-refractivity contribution in [1.82, 2.24) is 0 Å². The average molecular weight is 252 g/mol. The van der Waals surface area contributed by atoms with Crippen molar-refractivity contribution in [2.75, 3.05) is 37.0 Å². The Balaban J connectivity index is 2.84. The van der Waals surface area contributed by atoms with Gasteiger partial charge in [-0.15, -0.1) is 0 Å². The minimum atomic E-state index is 0.473. The van der Waals surface area contributed by atoms with Crippen molar-refractivity contribution in [3.05, 3.63) is 24.3 Å². The van der Waals surface area contributed by atoms with Gasteiger partial charge in [0.25, 0.3) is 5.17 Å². The second-order valence-electron chi connectivity index (χ2n) is 3.72. The fourth-order valence-corrected chi connectivity index (χ4v) is 1.82. The van der Waals surface area contributed by atoms with Gasteiger partial charge < -0.3 is 14.5 Å². The monoisotopic (exact) mass is 252 g/mol. The van der Waals surface area contributed by atoms with Crippen LogP contribution in [0.15, 0.2) is 24.3 Å². The number of thiocarbonyl (C=S) groups is 1. The normalized spacial score (nSPS) is 9.88. The molecule has 0 radical (unpaired) electrons. The molecule has 0 amide bonds. The van der Waals surface area contributed by atoms with E-state index in [-0.39, 0.29) is 0 Å². The van der Waals surface area contributed by atoms with Crippen molar-refractivity contribution >= 4 is 28.8 Å². The summed E-state index contributed by atoms with van der Waals surface area (Å²) in [4.78, 5) is 4.15. The smallest absolute Gasteiger partial charge is 0.263 e. The summed E-state index contributed by atoms with van der Waals surface area (Å²) in [5, 5.41) is 0.473. The third-order valence-electron chi connectivity index (χ3n) is 2.81. The Morgan fingerprint density at radius 3 is 2.00 bits per heavy atom. The molecule has 0 N–H and O–H groups in total. The van der Waals surface area contributed by atoms with Gasteiger partial charge in [0.1, 0.15) is 0 Å². The second kappa shape index (κ2) is 6.45. The maximum absolute atomic E-state index is 5.08. The Morgan fingerprint density at radius 1 is 1.12 bits per heavy atom. The largest absolute Gasteiger partial charge is 0.474 e. The molecule has 0 aliphatic heterocycles. The molecule has 0 bridgehead atoms. The molecule has 0 saturated carbocycles. The number of anilines is 2. The van der Waals surface area contributed by atoms with Gasteiger partial charge in [-0.2, -0.15) is 0 Å². The summed E-state index contributed by atoms with van der Waals surface area (Å²) in [6.45, 7) is 6.34. The van der Waals surface area contributed by atoms with E-state index in [4.69, 9.17) is 17.0 Å². The Hall–Kier alpha value is -1.29. The molecule has 0 atom stereocenters. The molecule has 0 heterocycles. The number of rotatable bonds is 4. The van der Waals surface area contributed by atoms with Crippen molar-refractivity contribution in [3.8, 4) is 0 Å². The first-order valence-electron chi connectivity index (χ1n) is 5.80. The van der Waals surface area contributed by atoms with Crippen LogP contribution in [0.5, 0.6) is 0 Å². The summed E-state index contributed by atoms with van der Waals surface area (Å²) in [5.41, 5.74) is 2.27. The molecule has 1 rings (SSSR count). The van der Waals surface area contributed by atoms with Crippen LogP contribution in [0.1, 0.15) is 13.8 Å². The molecular formula is C13H20N2OS. The highest BCUT2D eigenvalue weighted by atomic mass is 32.1. The highest BCUT2D eigenvalue weighted by Crippen LogP contribution is 2.20. The SMILES string of the molecule is CCN(CC)c1ccc(N(C)C(=S)OC)cc1. The lowest BCUT2D eigenvalue weighted by atomic mass is 10.2. The molecule has 0 aliphatic carbocycles. The molecule has 0 fully saturated rings. The molecule has 0 aliphatic rings. The van der Waals surface area contributed by atoms with Crippen LogP contribution in [0.25, 0.3) is 0 Å². The second-order valence-corrected chi connectivity index (χ2v) is 4.07. The molecule has 0 aromatic heterocycles. The van der Waals surface area contributed by atoms with Crippen LogP contribution < -0.4 is 9.80 Å². The maximum atomic E-state index is 5.08. The first-order valence-corrected chi connectivity index (χ1v) is 6.21. The molecule has 3 nitrogen and oxygen atoms in total. The Kier molecular flexibility index (Phi) is 5.22. The van der Waals surface area contributed by atoms with Crippen molar-refractivity contribution in [1.29, 1.82) is 0 Å². The van der Waals surface area contributed by atoms with E-state index < -0.39 is 0 Å². The van der Waals surface area contributed by atoms with Crippen LogP contribution in [0.4, 0.5) is 11.4 Å². The highest BCUT2D eigenvalue weighted by Gasteiger charge is 2.07. The van der Waals surface area contributed by atoms with Gasteiger partial charge >= 0.3 is 0 Å². The van der Waals surface area contributed by atoms with E-state index in [9.17, 15) is 0 Å². The minimum absolute atomic E-state index is 0.473. The van der Waals surface area contributed by atoms with Gasteiger partial charge in [-0.25, -0.2) is 0 Å². The van der Waals surface area contributed by atoms with Gasteiger partial charge in [0.15, 0.2) is 0 Å². The summed E-state index contributed by atoms with van der Waals surface area (Å²) in [5.74, 6) is 0. The molecule has 0 spiro atoms. The lowest BCUT2D eigenvalue weighted by Crippen LogP contribution is -2.26. The number of hydrogen-bond acceptors (Lipinski definition) is 3. The number of hydrogen-bond donors (Lipinski definition) is 0. The fourth-order valence-electron chi connectivity index (χ4n) is 1.72. The molecule has 17 heavy (non-hydrogen) atoms. The van der Waals surface area contributed by atoms with Crippen LogP contribution in [0.3, 0.4) is 0 Å². The van der Waals surface area contributed by atoms with Gasteiger partial charge in [0.2, 0.25) is 0 Å². The van der Waals surface area contributed by atoms with Crippen LogP contribution >= 0.6 is 12.2 Å². The summed E-state index contributed by atoms with van der Waals surface area (Å²) in [6, 6.07) is 8.33. The Morgan fingerprint density at radius 2 is 1.59 bits per heavy atom. The van der Waals surface area contributed by atoms with E-state index in [2.05, 4.69) is 43.0 Å². The first kappa shape index (κ1) is 13.8. The summed E-state index contributed by atoms with van der Waals surface area (Å²) >= 11 is 5.08. The predicted octanol–water partition coefficient (Wildman–Crippen LogP) is 2.90. The summed E-state index contributed by atoms with van der Waals surface area (Å²) in [6.07, 6.45) is 0. The van der Waals surface area contributed by atoms with E-state index in [0.717, 1.165) is 18.8 Å². The Bertz CT molecular complexity index is 360. The highest BCUT2D eigenvalue weighted by molar-refractivity contribution is 7.80. The van der Waals surface area contributed by atoms with E-state index in [1.807, 2.05) is 11.9 Å². The number of methoxy groups -OCH3 is 1. The van der Waals surface area contributed by atoms with Gasteiger partial charge in [-0.1, -0.05) is 0 Å². The van der Waals surface area contributed by atoms with Gasteiger partial charge in [-0.05, 0) is 50.3 Å². The van der Waals surface area contributed by atoms with Crippen molar-refractivity contribution in [2.45, 2.75) is 13.8 Å². The average Bonchev–Trinajstić information content (AvgIpc) is 2.39. The van der Waals surface area contributed by atoms with Crippen molar-refractivity contribution in [2.24, 2.45) is 0 Å². The first-order chi connectivity index (χ1) is 8.13. The summed E-state index contributed by atoms with van der Waals surface area (Å²) in [7, 11) is 3.49. The number of ether oxygens (including phenoxy) is 1. The van der Waals surface area contributed by atoms with Crippen molar-refractivity contribution < 1.29 is 4.74 Å². The van der Waals surface area contributed by atoms with Crippen LogP contribution in [0.2, 0.25) is 0 Å². The molecule has 0 saturated heterocycles. The minimum Gasteiger partial charge on any atom is -0.474 e. The van der Waals surface area contributed by atoms with Crippen molar-refractivity contribution in [3.63, 3.8) is 0 Å². The van der Waals surface area contributed by atoms with Crippen LogP contribution in [0, 0.1) is 0 Å². The van der Waals surface area contributed by atoms with E-state index in [1.165, 1.54) is 5.69 Å². The maximum Gasteiger partial charge on any atom is 0.263 e. The standard InChI is InChI=1S/C13H20N2OS/c1-5-15(6-2)12-9-7-11(8-10-12)14(3)13(17)16-4/h7-10H,5-6H2,1-4H3. The molecule has 1 aromatic carbocycles. The van der Waals surface area contributed by atoms with Crippen LogP contribution in [-0.4, -0.2) is 32.4 Å². The van der Waals surface area contributed by atoms with E-state index >= 15 is 0 Å². The van der Waals surface area contributed by atoms with Gasteiger partial charge in [-0.3, -0.25) is 0 Å². The van der Waals surface area contributed by atoms with Gasteiger partial charge in [0, 0.05) is 31.5 Å². The zero-order valence-corrected chi connectivity index (χ0v) is 11.8. The third kappa shape index (κ3) is 3.33. The molecule has 0 unspecified atom stereocenters. The lowest BCUT2D eigenvalue weighted by molar-refractivity contribution is 0.405. The number of benzene rings is 1. The fraction of sp³-hybridized carbons (Fsp3) is 0.462. The Labute approximate surface area is 109 Å². The van der Waals surface area contributed by atoms with E-state index in [1.54, 1.807) is 7.11 Å². The topological polar surface area (TPSA) is 15.7 Å².